The SMILES string of the molecule is C[C@@H]([C@@H](O)[C@@H](O)[C@@H](O)[C@@H](O)[C@@H](O)CN)[C@H]1CC[C@]2(C)[C@H]3CC[C@@H]4[C@@]5(C)CCCC(C)(C)[C@@H]5CC[C@@]4(C)[C@]3(C)CC[C@@H]12. The second-order valence-electron chi connectivity index (χ2n) is 17.4. The minimum Gasteiger partial charge on any atom is -0.390 e. The number of hydrogen-bond acceptors (Lipinski definition) is 6. The van der Waals surface area contributed by atoms with Crippen molar-refractivity contribution in [3.8, 4) is 0 Å². The van der Waals surface area contributed by atoms with Gasteiger partial charge < -0.3 is 31.3 Å². The third-order valence-electron chi connectivity index (χ3n) is 15.7. The summed E-state index contributed by atoms with van der Waals surface area (Å²) in [5, 5.41) is 52.7. The van der Waals surface area contributed by atoms with Crippen molar-refractivity contribution in [3.05, 3.63) is 0 Å². The van der Waals surface area contributed by atoms with E-state index < -0.39 is 30.5 Å². The smallest absolute Gasteiger partial charge is 0.111 e. The standard InChI is InChI=1S/C35H63NO5/c1-20(27(38)29(40)30(41)28(39)23(37)19-36)21-11-16-32(4)22(21)12-17-34(6)25(32)9-10-26-33(5)15-8-14-31(2,3)24(33)13-18-35(26,34)7/h20-30,37-41H,8-19,36H2,1-7H3/t20-,21-,22+,23+,24+,25-,26-,27-,28+,29-,30+,32+,33+,34-,35-/m1/s1. The maximum absolute atomic E-state index is 11.2. The first-order chi connectivity index (χ1) is 19.0. The molecule has 0 aromatic carbocycles. The molecule has 0 aliphatic heterocycles. The Balaban J connectivity index is 1.36. The summed E-state index contributed by atoms with van der Waals surface area (Å²) >= 11 is 0. The van der Waals surface area contributed by atoms with Crippen molar-refractivity contribution in [2.45, 2.75) is 150 Å². The fourth-order valence-electron chi connectivity index (χ4n) is 13.3. The van der Waals surface area contributed by atoms with Crippen LogP contribution in [0.2, 0.25) is 0 Å². The third kappa shape index (κ3) is 4.54. The van der Waals surface area contributed by atoms with Crippen molar-refractivity contribution in [2.75, 3.05) is 6.54 Å². The van der Waals surface area contributed by atoms with E-state index in [4.69, 9.17) is 5.73 Å². The van der Waals surface area contributed by atoms with Crippen molar-refractivity contribution in [1.82, 2.24) is 0 Å². The Kier molecular flexibility index (Phi) is 8.38. The number of rotatable bonds is 7. The van der Waals surface area contributed by atoms with E-state index in [9.17, 15) is 25.5 Å². The molecule has 7 N–H and O–H groups in total. The van der Waals surface area contributed by atoms with Crippen molar-refractivity contribution in [1.29, 1.82) is 0 Å². The summed E-state index contributed by atoms with van der Waals surface area (Å²) in [7, 11) is 0. The van der Waals surface area contributed by atoms with Gasteiger partial charge in [0, 0.05) is 6.54 Å². The molecule has 5 rings (SSSR count). The Labute approximate surface area is 249 Å². The van der Waals surface area contributed by atoms with E-state index in [1.54, 1.807) is 0 Å². The van der Waals surface area contributed by atoms with Gasteiger partial charge in [-0.15, -0.1) is 0 Å². The number of fused-ring (bicyclic) bond motifs is 7. The molecule has 5 saturated carbocycles. The molecule has 238 valence electrons. The highest BCUT2D eigenvalue weighted by molar-refractivity contribution is 5.19. The van der Waals surface area contributed by atoms with Crippen LogP contribution in [0.3, 0.4) is 0 Å². The molecule has 15 atom stereocenters. The summed E-state index contributed by atoms with van der Waals surface area (Å²) in [6.07, 6.45) is 6.79. The molecule has 0 unspecified atom stereocenters. The molecule has 0 spiro atoms. The first-order valence-corrected chi connectivity index (χ1v) is 17.1. The van der Waals surface area contributed by atoms with Crippen molar-refractivity contribution in [3.63, 3.8) is 0 Å². The van der Waals surface area contributed by atoms with Crippen molar-refractivity contribution in [2.24, 2.45) is 68.3 Å². The predicted octanol–water partition coefficient (Wildman–Crippen LogP) is 4.88. The zero-order valence-corrected chi connectivity index (χ0v) is 27.1. The molecule has 0 amide bonds. The molecule has 0 aromatic heterocycles. The fraction of sp³-hybridized carbons (Fsp3) is 1.00. The van der Waals surface area contributed by atoms with Crippen LogP contribution in [0.15, 0.2) is 0 Å². The monoisotopic (exact) mass is 577 g/mol. The van der Waals surface area contributed by atoms with E-state index >= 15 is 0 Å². The van der Waals surface area contributed by atoms with Gasteiger partial charge in [0.25, 0.3) is 0 Å². The predicted molar refractivity (Wildman–Crippen MR) is 163 cm³/mol. The van der Waals surface area contributed by atoms with Crippen LogP contribution in [-0.4, -0.2) is 62.6 Å². The minimum absolute atomic E-state index is 0.210. The van der Waals surface area contributed by atoms with Gasteiger partial charge in [0.05, 0.1) is 12.2 Å². The van der Waals surface area contributed by atoms with Crippen LogP contribution in [0.4, 0.5) is 0 Å². The Hall–Kier alpha value is -0.240. The highest BCUT2D eigenvalue weighted by Crippen LogP contribution is 2.78. The molecule has 41 heavy (non-hydrogen) atoms. The molecule has 6 heteroatoms. The number of hydrogen-bond donors (Lipinski definition) is 6. The molecule has 6 nitrogen and oxygen atoms in total. The van der Waals surface area contributed by atoms with Crippen LogP contribution in [0, 0.1) is 62.6 Å². The highest BCUT2D eigenvalue weighted by Gasteiger charge is 2.70. The van der Waals surface area contributed by atoms with Crippen LogP contribution >= 0.6 is 0 Å². The van der Waals surface area contributed by atoms with E-state index in [0.29, 0.717) is 33.5 Å². The largest absolute Gasteiger partial charge is 0.390 e. The lowest BCUT2D eigenvalue weighted by Crippen LogP contribution is -2.65. The van der Waals surface area contributed by atoms with Crippen LogP contribution in [-0.2, 0) is 0 Å². The van der Waals surface area contributed by atoms with Gasteiger partial charge in [-0.2, -0.15) is 0 Å². The zero-order chi connectivity index (χ0) is 30.3. The van der Waals surface area contributed by atoms with Gasteiger partial charge in [0.15, 0.2) is 0 Å². The topological polar surface area (TPSA) is 127 Å². The lowest BCUT2D eigenvalue weighted by Gasteiger charge is -2.73. The summed E-state index contributed by atoms with van der Waals surface area (Å²) in [4.78, 5) is 0. The fourth-order valence-corrected chi connectivity index (χ4v) is 13.3. The maximum atomic E-state index is 11.2. The Morgan fingerprint density at radius 1 is 0.610 bits per heavy atom. The number of aliphatic hydroxyl groups excluding tert-OH is 5. The normalized spacial score (nSPS) is 49.8. The van der Waals surface area contributed by atoms with Gasteiger partial charge in [-0.1, -0.05) is 54.9 Å². The lowest BCUT2D eigenvalue weighted by atomic mass is 9.32. The van der Waals surface area contributed by atoms with Crippen LogP contribution in [0.25, 0.3) is 0 Å². The Bertz CT molecular complexity index is 959. The van der Waals surface area contributed by atoms with Gasteiger partial charge in [-0.25, -0.2) is 0 Å². The van der Waals surface area contributed by atoms with Crippen molar-refractivity contribution < 1.29 is 25.5 Å². The third-order valence-corrected chi connectivity index (χ3v) is 15.7. The van der Waals surface area contributed by atoms with Gasteiger partial charge in [0.2, 0.25) is 0 Å². The van der Waals surface area contributed by atoms with Gasteiger partial charge in [-0.05, 0) is 127 Å². The summed E-state index contributed by atoms with van der Waals surface area (Å²) in [6, 6.07) is 0. The first-order valence-electron chi connectivity index (χ1n) is 17.1. The zero-order valence-electron chi connectivity index (χ0n) is 27.1. The summed E-state index contributed by atoms with van der Waals surface area (Å²) in [6.45, 7) is 17.4. The molecular weight excluding hydrogens is 514 g/mol. The van der Waals surface area contributed by atoms with Gasteiger partial charge in [-0.3, -0.25) is 0 Å². The molecule has 0 heterocycles. The summed E-state index contributed by atoms with van der Waals surface area (Å²) in [5.41, 5.74) is 7.20. The quantitative estimate of drug-likeness (QED) is 0.256. The molecule has 0 bridgehead atoms. The lowest BCUT2D eigenvalue weighted by molar-refractivity contribution is -0.242. The van der Waals surface area contributed by atoms with Gasteiger partial charge in [0.1, 0.15) is 18.3 Å². The molecular formula is C35H63NO5. The Morgan fingerprint density at radius 2 is 1.17 bits per heavy atom. The van der Waals surface area contributed by atoms with Crippen LogP contribution < -0.4 is 5.73 Å². The van der Waals surface area contributed by atoms with Gasteiger partial charge >= 0.3 is 0 Å². The molecule has 0 radical (unpaired) electrons. The molecule has 0 saturated heterocycles. The van der Waals surface area contributed by atoms with Crippen LogP contribution in [0.5, 0.6) is 0 Å². The summed E-state index contributed by atoms with van der Waals surface area (Å²) < 4.78 is 0. The molecule has 5 aliphatic carbocycles. The van der Waals surface area contributed by atoms with E-state index in [2.05, 4.69) is 41.5 Å². The summed E-state index contributed by atoms with van der Waals surface area (Å²) in [5.74, 6) is 2.81. The van der Waals surface area contributed by atoms with E-state index in [0.717, 1.165) is 31.1 Å². The van der Waals surface area contributed by atoms with E-state index in [1.807, 2.05) is 6.92 Å². The minimum atomic E-state index is -1.65. The molecule has 5 aliphatic rings. The number of nitrogens with two attached hydrogens (primary N) is 1. The molecule has 0 aromatic rings. The van der Waals surface area contributed by atoms with Crippen molar-refractivity contribution >= 4 is 0 Å². The first kappa shape index (κ1) is 32.2. The average molecular weight is 578 g/mol. The van der Waals surface area contributed by atoms with Crippen LogP contribution in [0.1, 0.15) is 119 Å². The number of aliphatic hydroxyl groups is 5. The molecule has 5 fully saturated rings. The van der Waals surface area contributed by atoms with E-state index in [-0.39, 0.29) is 23.8 Å². The second-order valence-corrected chi connectivity index (χ2v) is 17.4. The Morgan fingerprint density at radius 3 is 1.78 bits per heavy atom. The maximum Gasteiger partial charge on any atom is 0.111 e. The average Bonchev–Trinajstić information content (AvgIpc) is 3.27. The van der Waals surface area contributed by atoms with E-state index in [1.165, 1.54) is 51.4 Å². The highest BCUT2D eigenvalue weighted by atomic mass is 16.4. The second kappa shape index (κ2) is 10.7.